The molecule has 0 saturated carbocycles. The van der Waals surface area contributed by atoms with Gasteiger partial charge in [0.2, 0.25) is 0 Å². The topological polar surface area (TPSA) is 69.3 Å². The number of H-pyrrole nitrogens is 1. The molecule has 28 heavy (non-hydrogen) atoms. The monoisotopic (exact) mass is 386 g/mol. The van der Waals surface area contributed by atoms with Crippen LogP contribution in [0.4, 0.5) is 4.39 Å². The molecule has 0 bridgehead atoms. The molecule has 3 rings (SSSR count). The number of hydrogen-bond acceptors (Lipinski definition) is 4. The molecule has 1 saturated heterocycles. The maximum atomic E-state index is 13.2. The predicted molar refractivity (Wildman–Crippen MR) is 105 cm³/mol. The van der Waals surface area contributed by atoms with Crippen LogP contribution < -0.4 is 0 Å². The van der Waals surface area contributed by atoms with Crippen molar-refractivity contribution >= 4 is 11.7 Å². The molecule has 1 aliphatic rings. The molecule has 0 spiro atoms. The van der Waals surface area contributed by atoms with Crippen LogP contribution in [0.2, 0.25) is 0 Å². The first-order valence-electron chi connectivity index (χ1n) is 9.69. The third kappa shape index (κ3) is 4.65. The van der Waals surface area contributed by atoms with Crippen LogP contribution in [0.5, 0.6) is 0 Å². The minimum Gasteiger partial charge on any atom is -0.336 e. The zero-order valence-corrected chi connectivity index (χ0v) is 16.6. The fourth-order valence-corrected chi connectivity index (χ4v) is 3.68. The Hall–Kier alpha value is -2.54. The Kier molecular flexibility index (Phi) is 6.24. The Bertz CT molecular complexity index is 831. The van der Waals surface area contributed by atoms with E-state index in [4.69, 9.17) is 0 Å². The van der Waals surface area contributed by atoms with Gasteiger partial charge in [0.05, 0.1) is 0 Å². The fourth-order valence-electron chi connectivity index (χ4n) is 3.68. The molecule has 0 radical (unpaired) electrons. The number of aromatic amines is 1. The summed E-state index contributed by atoms with van der Waals surface area (Å²) in [5.74, 6) is -0.185. The van der Waals surface area contributed by atoms with Gasteiger partial charge in [0.1, 0.15) is 17.2 Å². The third-order valence-corrected chi connectivity index (χ3v) is 5.27. The molecule has 1 N–H and O–H groups in total. The molecule has 2 heterocycles. The van der Waals surface area contributed by atoms with Gasteiger partial charge in [-0.15, -0.1) is 0 Å². The minimum absolute atomic E-state index is 0.130. The lowest BCUT2D eigenvalue weighted by atomic mass is 10.0. The summed E-state index contributed by atoms with van der Waals surface area (Å²) < 4.78 is 13.2. The summed E-state index contributed by atoms with van der Waals surface area (Å²) in [6.07, 6.45) is 0.851. The Labute approximate surface area is 164 Å². The van der Waals surface area contributed by atoms with Gasteiger partial charge in [-0.1, -0.05) is 26.0 Å². The highest BCUT2D eigenvalue weighted by Gasteiger charge is 2.30. The molecule has 0 aliphatic carbocycles. The first kappa shape index (κ1) is 20.2. The summed E-state index contributed by atoms with van der Waals surface area (Å²) in [6.45, 7) is 8.58. The summed E-state index contributed by atoms with van der Waals surface area (Å²) in [5.41, 5.74) is 1.68. The molecule has 1 amide bonds. The lowest BCUT2D eigenvalue weighted by Gasteiger charge is -2.34. The van der Waals surface area contributed by atoms with Crippen molar-refractivity contribution in [1.82, 2.24) is 20.0 Å². The number of benzene rings is 1. The maximum absolute atomic E-state index is 13.2. The van der Waals surface area contributed by atoms with Crippen molar-refractivity contribution in [3.8, 4) is 0 Å². The summed E-state index contributed by atoms with van der Waals surface area (Å²) in [6, 6.07) is 8.31. The van der Waals surface area contributed by atoms with E-state index in [1.807, 2.05) is 17.0 Å². The highest BCUT2D eigenvalue weighted by molar-refractivity contribution is 5.97. The van der Waals surface area contributed by atoms with Gasteiger partial charge >= 0.3 is 0 Å². The molecule has 7 heteroatoms. The minimum atomic E-state index is -0.235. The van der Waals surface area contributed by atoms with Crippen LogP contribution in [0.1, 0.15) is 53.7 Å². The molecule has 1 fully saturated rings. The van der Waals surface area contributed by atoms with E-state index in [2.05, 4.69) is 28.9 Å². The van der Waals surface area contributed by atoms with E-state index < -0.39 is 0 Å². The van der Waals surface area contributed by atoms with E-state index in [0.717, 1.165) is 25.1 Å². The molecule has 150 valence electrons. The van der Waals surface area contributed by atoms with Crippen molar-refractivity contribution in [1.29, 1.82) is 0 Å². The Morgan fingerprint density at radius 1 is 1.25 bits per heavy atom. The van der Waals surface area contributed by atoms with Gasteiger partial charge in [-0.05, 0) is 36.1 Å². The molecule has 1 aromatic carbocycles. The summed E-state index contributed by atoms with van der Waals surface area (Å²) in [7, 11) is 0. The molecular formula is C21H27FN4O2. The van der Waals surface area contributed by atoms with Gasteiger partial charge in [-0.25, -0.2) is 4.39 Å². The standard InChI is InChI=1S/C21H27FN4O2/c1-14(2)20-13-26(21(28)19-11-18(15(3)27)23-24-19)10-4-9-25(20)12-16-5-7-17(22)8-6-16/h5-8,11,14,20H,4,9-10,12-13H2,1-3H3,(H,23,24). The van der Waals surface area contributed by atoms with E-state index in [-0.39, 0.29) is 29.2 Å². The number of ketones is 1. The number of rotatable bonds is 5. The van der Waals surface area contributed by atoms with E-state index in [9.17, 15) is 14.0 Å². The number of carbonyl (C=O) groups excluding carboxylic acids is 2. The molecule has 6 nitrogen and oxygen atoms in total. The van der Waals surface area contributed by atoms with Crippen molar-refractivity contribution in [2.24, 2.45) is 5.92 Å². The average Bonchev–Trinajstić information content (AvgIpc) is 3.06. The highest BCUT2D eigenvalue weighted by Crippen LogP contribution is 2.21. The predicted octanol–water partition coefficient (Wildman–Crippen LogP) is 3.12. The first-order chi connectivity index (χ1) is 13.3. The van der Waals surface area contributed by atoms with Crippen LogP contribution in [0.3, 0.4) is 0 Å². The number of nitrogens with one attached hydrogen (secondary N) is 1. The van der Waals surface area contributed by atoms with Crippen molar-refractivity contribution in [3.63, 3.8) is 0 Å². The van der Waals surface area contributed by atoms with Crippen molar-refractivity contribution in [3.05, 3.63) is 53.1 Å². The zero-order valence-electron chi connectivity index (χ0n) is 16.6. The maximum Gasteiger partial charge on any atom is 0.271 e. The van der Waals surface area contributed by atoms with Gasteiger partial charge in [0, 0.05) is 39.1 Å². The Morgan fingerprint density at radius 2 is 1.96 bits per heavy atom. The van der Waals surface area contributed by atoms with Crippen LogP contribution in [-0.2, 0) is 6.54 Å². The second-order valence-electron chi connectivity index (χ2n) is 7.74. The summed E-state index contributed by atoms with van der Waals surface area (Å²) in [5, 5.41) is 6.62. The van der Waals surface area contributed by atoms with E-state index in [0.29, 0.717) is 24.7 Å². The summed E-state index contributed by atoms with van der Waals surface area (Å²) >= 11 is 0. The quantitative estimate of drug-likeness (QED) is 0.802. The highest BCUT2D eigenvalue weighted by atomic mass is 19.1. The lowest BCUT2D eigenvalue weighted by Crippen LogP contribution is -2.45. The summed E-state index contributed by atoms with van der Waals surface area (Å²) in [4.78, 5) is 28.6. The van der Waals surface area contributed by atoms with Crippen LogP contribution in [-0.4, -0.2) is 57.4 Å². The van der Waals surface area contributed by atoms with Crippen molar-refractivity contribution in [2.75, 3.05) is 19.6 Å². The number of amides is 1. The molecule has 2 aromatic rings. The third-order valence-electron chi connectivity index (χ3n) is 5.27. The van der Waals surface area contributed by atoms with Gasteiger partial charge in [-0.2, -0.15) is 5.10 Å². The Morgan fingerprint density at radius 3 is 2.57 bits per heavy atom. The van der Waals surface area contributed by atoms with E-state index in [1.165, 1.54) is 25.1 Å². The van der Waals surface area contributed by atoms with Crippen LogP contribution >= 0.6 is 0 Å². The molecule has 1 aromatic heterocycles. The number of Topliss-reactive ketones (excluding diaryl/α,β-unsaturated/α-hetero) is 1. The van der Waals surface area contributed by atoms with Gasteiger partial charge in [0.15, 0.2) is 5.78 Å². The number of nitrogens with zero attached hydrogens (tertiary/aromatic N) is 3. The van der Waals surface area contributed by atoms with Crippen molar-refractivity contribution < 1.29 is 14.0 Å². The number of hydrogen-bond donors (Lipinski definition) is 1. The Balaban J connectivity index is 1.75. The van der Waals surface area contributed by atoms with Crippen molar-refractivity contribution in [2.45, 2.75) is 39.8 Å². The molecule has 1 aliphatic heterocycles. The SMILES string of the molecule is CC(=O)c1cc(C(=O)N2CCCN(Cc3ccc(F)cc3)C(C(C)C)C2)[nH]n1. The van der Waals surface area contributed by atoms with Gasteiger partial charge in [-0.3, -0.25) is 19.6 Å². The lowest BCUT2D eigenvalue weighted by molar-refractivity contribution is 0.0696. The first-order valence-corrected chi connectivity index (χ1v) is 9.69. The second kappa shape index (κ2) is 8.65. The number of aromatic nitrogens is 2. The zero-order chi connectivity index (χ0) is 20.3. The van der Waals surface area contributed by atoms with Crippen LogP contribution in [0, 0.1) is 11.7 Å². The largest absolute Gasteiger partial charge is 0.336 e. The van der Waals surface area contributed by atoms with Gasteiger partial charge in [0.25, 0.3) is 5.91 Å². The number of carbonyl (C=O) groups is 2. The molecule has 1 atom stereocenters. The fraction of sp³-hybridized carbons (Fsp3) is 0.476. The average molecular weight is 386 g/mol. The van der Waals surface area contributed by atoms with Crippen LogP contribution in [0.25, 0.3) is 0 Å². The molecular weight excluding hydrogens is 359 g/mol. The second-order valence-corrected chi connectivity index (χ2v) is 7.74. The molecule has 1 unspecified atom stereocenters. The smallest absolute Gasteiger partial charge is 0.271 e. The number of halogens is 1. The normalized spacial score (nSPS) is 18.3. The van der Waals surface area contributed by atoms with E-state index >= 15 is 0 Å². The van der Waals surface area contributed by atoms with Gasteiger partial charge < -0.3 is 4.90 Å². The van der Waals surface area contributed by atoms with E-state index in [1.54, 1.807) is 0 Å². The van der Waals surface area contributed by atoms with Crippen LogP contribution in [0.15, 0.2) is 30.3 Å².